The molecular formula is C17H15NO2. The fourth-order valence-electron chi connectivity index (χ4n) is 1.88. The van der Waals surface area contributed by atoms with Crippen LogP contribution >= 0.6 is 0 Å². The summed E-state index contributed by atoms with van der Waals surface area (Å²) >= 11 is 0. The quantitative estimate of drug-likeness (QED) is 0.754. The number of nitriles is 1. The first-order valence-corrected chi connectivity index (χ1v) is 6.42. The smallest absolute Gasteiger partial charge is 0.137 e. The van der Waals surface area contributed by atoms with E-state index in [2.05, 4.69) is 0 Å². The zero-order valence-corrected chi connectivity index (χ0v) is 11.0. The summed E-state index contributed by atoms with van der Waals surface area (Å²) in [5.74, 6) is 0.147. The molecule has 0 aliphatic heterocycles. The highest BCUT2D eigenvalue weighted by Crippen LogP contribution is 2.17. The number of ether oxygens (including phenoxy) is 1. The van der Waals surface area contributed by atoms with Gasteiger partial charge in [0.05, 0.1) is 6.07 Å². The van der Waals surface area contributed by atoms with E-state index < -0.39 is 5.92 Å². The average Bonchev–Trinajstić information content (AvgIpc) is 2.52. The van der Waals surface area contributed by atoms with Crippen LogP contribution in [0.25, 0.3) is 0 Å². The van der Waals surface area contributed by atoms with Crippen LogP contribution < -0.4 is 4.74 Å². The van der Waals surface area contributed by atoms with Crippen LogP contribution in [0.15, 0.2) is 54.6 Å². The molecule has 1 unspecified atom stereocenters. The summed E-state index contributed by atoms with van der Waals surface area (Å²) in [7, 11) is 0. The number of rotatable bonds is 6. The van der Waals surface area contributed by atoms with E-state index in [1.807, 2.05) is 60.7 Å². The summed E-state index contributed by atoms with van der Waals surface area (Å²) in [6, 6.07) is 19.4. The van der Waals surface area contributed by atoms with Crippen molar-refractivity contribution in [1.82, 2.24) is 0 Å². The number of hydrogen-bond acceptors (Lipinski definition) is 3. The molecule has 2 aromatic carbocycles. The highest BCUT2D eigenvalue weighted by atomic mass is 16.5. The van der Waals surface area contributed by atoms with Crippen LogP contribution in [-0.2, 0) is 17.8 Å². The lowest BCUT2D eigenvalue weighted by atomic mass is 10.0. The maximum absolute atomic E-state index is 10.7. The number of nitrogens with zero attached hydrogens (tertiary/aromatic N) is 1. The lowest BCUT2D eigenvalue weighted by molar-refractivity contribution is -0.109. The first kappa shape index (κ1) is 13.8. The fraction of sp³-hybridized carbons (Fsp3) is 0.176. The number of carbonyl (C=O) groups is 1. The molecule has 3 heteroatoms. The van der Waals surface area contributed by atoms with Crippen LogP contribution in [0.2, 0.25) is 0 Å². The normalized spacial score (nSPS) is 11.3. The first-order valence-electron chi connectivity index (χ1n) is 6.42. The lowest BCUT2D eigenvalue weighted by Gasteiger charge is -2.08. The molecule has 2 rings (SSSR count). The molecule has 0 saturated carbocycles. The molecule has 0 radical (unpaired) electrons. The first-order chi connectivity index (χ1) is 9.81. The lowest BCUT2D eigenvalue weighted by Crippen LogP contribution is -2.03. The number of carbonyl (C=O) groups excluding carboxylic acids is 1. The van der Waals surface area contributed by atoms with Crippen LogP contribution in [0.3, 0.4) is 0 Å². The molecule has 100 valence electrons. The molecule has 0 bridgehead atoms. The van der Waals surface area contributed by atoms with Crippen molar-refractivity contribution < 1.29 is 9.53 Å². The third-order valence-electron chi connectivity index (χ3n) is 2.93. The molecule has 0 aliphatic carbocycles. The largest absolute Gasteiger partial charge is 0.489 e. The van der Waals surface area contributed by atoms with E-state index in [-0.39, 0.29) is 0 Å². The molecule has 1 atom stereocenters. The Hall–Kier alpha value is -2.60. The van der Waals surface area contributed by atoms with E-state index in [1.54, 1.807) is 0 Å². The van der Waals surface area contributed by atoms with Crippen LogP contribution in [0.4, 0.5) is 0 Å². The topological polar surface area (TPSA) is 50.1 Å². The Bertz CT molecular complexity index is 602. The maximum atomic E-state index is 10.7. The van der Waals surface area contributed by atoms with Gasteiger partial charge in [-0.2, -0.15) is 5.26 Å². The minimum Gasteiger partial charge on any atom is -0.489 e. The zero-order valence-electron chi connectivity index (χ0n) is 11.0. The Morgan fingerprint density at radius 1 is 1.10 bits per heavy atom. The molecule has 3 nitrogen and oxygen atoms in total. The molecule has 20 heavy (non-hydrogen) atoms. The molecule has 0 aliphatic rings. The number of hydrogen-bond donors (Lipinski definition) is 0. The van der Waals surface area contributed by atoms with Crippen molar-refractivity contribution in [2.75, 3.05) is 0 Å². The fourth-order valence-corrected chi connectivity index (χ4v) is 1.88. The van der Waals surface area contributed by atoms with Crippen LogP contribution in [0, 0.1) is 17.2 Å². The minimum absolute atomic E-state index is 0.419. The Morgan fingerprint density at radius 3 is 2.55 bits per heavy atom. The highest BCUT2D eigenvalue weighted by Gasteiger charge is 2.07. The Kier molecular flexibility index (Phi) is 4.91. The van der Waals surface area contributed by atoms with Gasteiger partial charge in [-0.05, 0) is 29.7 Å². The molecule has 0 spiro atoms. The van der Waals surface area contributed by atoms with E-state index in [4.69, 9.17) is 10.00 Å². The maximum Gasteiger partial charge on any atom is 0.137 e. The molecular weight excluding hydrogens is 250 g/mol. The molecule has 0 heterocycles. The number of aldehydes is 1. The minimum atomic E-state index is -0.598. The van der Waals surface area contributed by atoms with Crippen molar-refractivity contribution in [3.05, 3.63) is 65.7 Å². The van der Waals surface area contributed by atoms with Gasteiger partial charge < -0.3 is 9.53 Å². The summed E-state index contributed by atoms with van der Waals surface area (Å²) in [5.41, 5.74) is 2.02. The van der Waals surface area contributed by atoms with Gasteiger partial charge in [0.15, 0.2) is 0 Å². The molecule has 0 saturated heterocycles. The SMILES string of the molecule is N#CC(C=O)Cc1cccc(OCc2ccccc2)c1. The van der Waals surface area contributed by atoms with Crippen LogP contribution in [0.1, 0.15) is 11.1 Å². The summed E-state index contributed by atoms with van der Waals surface area (Å²) in [5, 5.41) is 8.80. The summed E-state index contributed by atoms with van der Waals surface area (Å²) in [4.78, 5) is 10.7. The van der Waals surface area contributed by atoms with Crippen molar-refractivity contribution in [3.63, 3.8) is 0 Å². The van der Waals surface area contributed by atoms with Crippen molar-refractivity contribution in [2.24, 2.45) is 5.92 Å². The number of benzene rings is 2. The van der Waals surface area contributed by atoms with Gasteiger partial charge in [-0.25, -0.2) is 0 Å². The summed E-state index contributed by atoms with van der Waals surface area (Å²) in [6.07, 6.45) is 1.10. The highest BCUT2D eigenvalue weighted by molar-refractivity contribution is 5.58. The molecule has 0 fully saturated rings. The van der Waals surface area contributed by atoms with Gasteiger partial charge in [0.1, 0.15) is 24.6 Å². The van der Waals surface area contributed by atoms with Crippen LogP contribution in [-0.4, -0.2) is 6.29 Å². The van der Waals surface area contributed by atoms with Crippen molar-refractivity contribution in [1.29, 1.82) is 5.26 Å². The van der Waals surface area contributed by atoms with E-state index in [9.17, 15) is 4.79 Å². The second-order valence-corrected chi connectivity index (χ2v) is 4.50. The summed E-state index contributed by atoms with van der Waals surface area (Å²) < 4.78 is 5.71. The third kappa shape index (κ3) is 3.96. The van der Waals surface area contributed by atoms with Gasteiger partial charge in [0.25, 0.3) is 0 Å². The van der Waals surface area contributed by atoms with E-state index in [1.165, 1.54) is 0 Å². The third-order valence-corrected chi connectivity index (χ3v) is 2.93. The van der Waals surface area contributed by atoms with Gasteiger partial charge in [0.2, 0.25) is 0 Å². The van der Waals surface area contributed by atoms with E-state index in [0.717, 1.165) is 16.9 Å². The summed E-state index contributed by atoms with van der Waals surface area (Å²) in [6.45, 7) is 0.500. The van der Waals surface area contributed by atoms with Crippen molar-refractivity contribution >= 4 is 6.29 Å². The van der Waals surface area contributed by atoms with E-state index in [0.29, 0.717) is 19.3 Å². The monoisotopic (exact) mass is 265 g/mol. The van der Waals surface area contributed by atoms with E-state index >= 15 is 0 Å². The van der Waals surface area contributed by atoms with Gasteiger partial charge in [0, 0.05) is 0 Å². The van der Waals surface area contributed by atoms with Gasteiger partial charge in [-0.15, -0.1) is 0 Å². The average molecular weight is 265 g/mol. The van der Waals surface area contributed by atoms with Gasteiger partial charge in [-0.3, -0.25) is 0 Å². The van der Waals surface area contributed by atoms with Gasteiger partial charge >= 0.3 is 0 Å². The van der Waals surface area contributed by atoms with Crippen molar-refractivity contribution in [3.8, 4) is 11.8 Å². The van der Waals surface area contributed by atoms with Gasteiger partial charge in [-0.1, -0.05) is 42.5 Å². The second-order valence-electron chi connectivity index (χ2n) is 4.50. The molecule has 2 aromatic rings. The molecule has 0 N–H and O–H groups in total. The predicted molar refractivity (Wildman–Crippen MR) is 76.1 cm³/mol. The predicted octanol–water partition coefficient (Wildman–Crippen LogP) is 3.15. The Labute approximate surface area is 118 Å². The Morgan fingerprint density at radius 2 is 1.85 bits per heavy atom. The zero-order chi connectivity index (χ0) is 14.2. The molecule has 0 aromatic heterocycles. The standard InChI is InChI=1S/C17H15NO2/c18-11-16(12-19)9-15-7-4-8-17(10-15)20-13-14-5-2-1-3-6-14/h1-8,10,12,16H,9,13H2. The molecule has 0 amide bonds. The second kappa shape index (κ2) is 7.10. The Balaban J connectivity index is 1.99. The van der Waals surface area contributed by atoms with Crippen molar-refractivity contribution in [2.45, 2.75) is 13.0 Å². The van der Waals surface area contributed by atoms with Crippen LogP contribution in [0.5, 0.6) is 5.75 Å².